The van der Waals surface area contributed by atoms with Crippen molar-refractivity contribution in [2.45, 2.75) is 26.7 Å². The SMILES string of the molecule is CCNCC1CCN(c2nc(C)ns2)CC1. The molecule has 1 aromatic heterocycles. The van der Waals surface area contributed by atoms with Crippen molar-refractivity contribution in [3.8, 4) is 0 Å². The highest BCUT2D eigenvalue weighted by molar-refractivity contribution is 7.09. The van der Waals surface area contributed by atoms with E-state index in [-0.39, 0.29) is 0 Å². The third-order valence-electron chi connectivity index (χ3n) is 3.08. The maximum Gasteiger partial charge on any atom is 0.205 e. The third-order valence-corrected chi connectivity index (χ3v) is 3.95. The molecular formula is C11H20N4S. The summed E-state index contributed by atoms with van der Waals surface area (Å²) in [5.41, 5.74) is 0. The quantitative estimate of drug-likeness (QED) is 0.869. The number of aromatic nitrogens is 2. The Morgan fingerprint density at radius 2 is 2.19 bits per heavy atom. The molecule has 2 rings (SSSR count). The lowest BCUT2D eigenvalue weighted by atomic mass is 9.97. The molecule has 1 fully saturated rings. The van der Waals surface area contributed by atoms with Crippen LogP contribution >= 0.6 is 11.5 Å². The van der Waals surface area contributed by atoms with Crippen LogP contribution in [0.2, 0.25) is 0 Å². The number of nitrogens with zero attached hydrogens (tertiary/aromatic N) is 3. The Labute approximate surface area is 101 Å². The molecule has 2 heterocycles. The lowest BCUT2D eigenvalue weighted by Gasteiger charge is -2.31. The van der Waals surface area contributed by atoms with E-state index in [0.717, 1.165) is 36.5 Å². The second-order valence-corrected chi connectivity index (χ2v) is 5.09. The summed E-state index contributed by atoms with van der Waals surface area (Å²) >= 11 is 1.52. The van der Waals surface area contributed by atoms with Gasteiger partial charge in [-0.2, -0.15) is 4.37 Å². The molecule has 1 N–H and O–H groups in total. The highest BCUT2D eigenvalue weighted by atomic mass is 32.1. The zero-order chi connectivity index (χ0) is 11.4. The summed E-state index contributed by atoms with van der Waals surface area (Å²) in [6.07, 6.45) is 2.54. The molecule has 4 nitrogen and oxygen atoms in total. The van der Waals surface area contributed by atoms with Crippen LogP contribution < -0.4 is 10.2 Å². The monoisotopic (exact) mass is 240 g/mol. The first-order chi connectivity index (χ1) is 7.79. The Hall–Kier alpha value is -0.680. The summed E-state index contributed by atoms with van der Waals surface area (Å²) in [5, 5.41) is 4.53. The maximum atomic E-state index is 4.44. The number of nitrogens with one attached hydrogen (secondary N) is 1. The minimum absolute atomic E-state index is 0.838. The smallest absolute Gasteiger partial charge is 0.205 e. The summed E-state index contributed by atoms with van der Waals surface area (Å²) < 4.78 is 4.24. The van der Waals surface area contributed by atoms with Crippen LogP contribution in [0.4, 0.5) is 5.13 Å². The van der Waals surface area contributed by atoms with Gasteiger partial charge in [0.1, 0.15) is 5.82 Å². The van der Waals surface area contributed by atoms with Gasteiger partial charge in [-0.3, -0.25) is 0 Å². The average molecular weight is 240 g/mol. The van der Waals surface area contributed by atoms with Gasteiger partial charge < -0.3 is 10.2 Å². The van der Waals surface area contributed by atoms with Crippen LogP contribution in [0, 0.1) is 12.8 Å². The van der Waals surface area contributed by atoms with E-state index in [9.17, 15) is 0 Å². The van der Waals surface area contributed by atoms with E-state index in [0.29, 0.717) is 0 Å². The first-order valence-electron chi connectivity index (χ1n) is 6.05. The number of hydrogen-bond acceptors (Lipinski definition) is 5. The summed E-state index contributed by atoms with van der Waals surface area (Å²) in [5.74, 6) is 1.74. The van der Waals surface area contributed by atoms with Crippen molar-refractivity contribution in [2.75, 3.05) is 31.1 Å². The molecule has 0 saturated carbocycles. The summed E-state index contributed by atoms with van der Waals surface area (Å²) in [7, 11) is 0. The first-order valence-corrected chi connectivity index (χ1v) is 6.83. The summed E-state index contributed by atoms with van der Waals surface area (Å²) in [6, 6.07) is 0. The van der Waals surface area contributed by atoms with Gasteiger partial charge >= 0.3 is 0 Å². The molecule has 0 radical (unpaired) electrons. The van der Waals surface area contributed by atoms with Gasteiger partial charge in [-0.15, -0.1) is 0 Å². The van der Waals surface area contributed by atoms with Crippen molar-refractivity contribution >= 4 is 16.7 Å². The van der Waals surface area contributed by atoms with E-state index in [2.05, 4.69) is 26.5 Å². The molecule has 1 aliphatic rings. The van der Waals surface area contributed by atoms with Gasteiger partial charge in [0.15, 0.2) is 0 Å². The maximum absolute atomic E-state index is 4.44. The van der Waals surface area contributed by atoms with Gasteiger partial charge in [0.25, 0.3) is 0 Å². The summed E-state index contributed by atoms with van der Waals surface area (Å²) in [4.78, 5) is 6.81. The zero-order valence-corrected chi connectivity index (χ0v) is 10.9. The van der Waals surface area contributed by atoms with E-state index in [4.69, 9.17) is 0 Å². The molecule has 1 saturated heterocycles. The van der Waals surface area contributed by atoms with E-state index >= 15 is 0 Å². The van der Waals surface area contributed by atoms with Crippen LogP contribution in [0.25, 0.3) is 0 Å². The zero-order valence-electron chi connectivity index (χ0n) is 10.1. The number of rotatable bonds is 4. The molecule has 16 heavy (non-hydrogen) atoms. The summed E-state index contributed by atoms with van der Waals surface area (Å²) in [6.45, 7) is 8.63. The van der Waals surface area contributed by atoms with E-state index in [1.807, 2.05) is 6.92 Å². The fourth-order valence-corrected chi connectivity index (χ4v) is 2.82. The Morgan fingerprint density at radius 1 is 1.44 bits per heavy atom. The van der Waals surface area contributed by atoms with Gasteiger partial charge in [-0.05, 0) is 38.8 Å². The molecule has 1 aromatic rings. The number of anilines is 1. The fourth-order valence-electron chi connectivity index (χ4n) is 2.09. The Kier molecular flexibility index (Phi) is 4.12. The predicted molar refractivity (Wildman–Crippen MR) is 68.1 cm³/mol. The van der Waals surface area contributed by atoms with Crippen LogP contribution in [-0.2, 0) is 0 Å². The molecule has 0 atom stereocenters. The molecule has 1 aliphatic heterocycles. The van der Waals surface area contributed by atoms with Crippen LogP contribution in [0.15, 0.2) is 0 Å². The van der Waals surface area contributed by atoms with Crippen LogP contribution in [-0.4, -0.2) is 35.5 Å². The van der Waals surface area contributed by atoms with Gasteiger partial charge in [-0.1, -0.05) is 6.92 Å². The highest BCUT2D eigenvalue weighted by Crippen LogP contribution is 2.24. The lowest BCUT2D eigenvalue weighted by Crippen LogP contribution is -2.37. The van der Waals surface area contributed by atoms with Crippen molar-refractivity contribution < 1.29 is 0 Å². The average Bonchev–Trinajstić information content (AvgIpc) is 2.74. The van der Waals surface area contributed by atoms with Crippen molar-refractivity contribution in [2.24, 2.45) is 5.92 Å². The molecule has 5 heteroatoms. The topological polar surface area (TPSA) is 41.0 Å². The molecule has 0 amide bonds. The lowest BCUT2D eigenvalue weighted by molar-refractivity contribution is 0.386. The second kappa shape index (κ2) is 5.59. The number of piperidine rings is 1. The van der Waals surface area contributed by atoms with Crippen LogP contribution in [0.1, 0.15) is 25.6 Å². The van der Waals surface area contributed by atoms with E-state index in [1.54, 1.807) is 0 Å². The minimum atomic E-state index is 0.838. The Bertz CT molecular complexity index is 318. The van der Waals surface area contributed by atoms with Gasteiger partial charge in [0, 0.05) is 24.6 Å². The molecular weight excluding hydrogens is 220 g/mol. The molecule has 90 valence electrons. The number of hydrogen-bond donors (Lipinski definition) is 1. The van der Waals surface area contributed by atoms with Crippen molar-refractivity contribution in [1.82, 2.24) is 14.7 Å². The van der Waals surface area contributed by atoms with Crippen molar-refractivity contribution in [1.29, 1.82) is 0 Å². The molecule has 0 bridgehead atoms. The van der Waals surface area contributed by atoms with Crippen molar-refractivity contribution in [3.05, 3.63) is 5.82 Å². The normalized spacial score (nSPS) is 18.0. The standard InChI is InChI=1S/C11H20N4S/c1-3-12-8-10-4-6-15(7-5-10)11-13-9(2)14-16-11/h10,12H,3-8H2,1-2H3. The van der Waals surface area contributed by atoms with Crippen LogP contribution in [0.5, 0.6) is 0 Å². The minimum Gasteiger partial charge on any atom is -0.347 e. The molecule has 0 aliphatic carbocycles. The van der Waals surface area contributed by atoms with E-state index < -0.39 is 0 Å². The van der Waals surface area contributed by atoms with E-state index in [1.165, 1.54) is 30.9 Å². The molecule has 0 unspecified atom stereocenters. The van der Waals surface area contributed by atoms with Gasteiger partial charge in [-0.25, -0.2) is 4.98 Å². The Balaban J connectivity index is 1.81. The Morgan fingerprint density at radius 3 is 2.75 bits per heavy atom. The first kappa shape index (κ1) is 11.8. The number of aryl methyl sites for hydroxylation is 1. The predicted octanol–water partition coefficient (Wildman–Crippen LogP) is 1.67. The van der Waals surface area contributed by atoms with Gasteiger partial charge in [0.05, 0.1) is 0 Å². The highest BCUT2D eigenvalue weighted by Gasteiger charge is 2.20. The third kappa shape index (κ3) is 2.92. The van der Waals surface area contributed by atoms with Gasteiger partial charge in [0.2, 0.25) is 5.13 Å². The van der Waals surface area contributed by atoms with Crippen LogP contribution in [0.3, 0.4) is 0 Å². The van der Waals surface area contributed by atoms with Crippen molar-refractivity contribution in [3.63, 3.8) is 0 Å². The molecule has 0 spiro atoms. The second-order valence-electron chi connectivity index (χ2n) is 4.36. The fraction of sp³-hybridized carbons (Fsp3) is 0.818. The largest absolute Gasteiger partial charge is 0.347 e. The molecule has 0 aromatic carbocycles.